The maximum atomic E-state index is 9.10. The van der Waals surface area contributed by atoms with Crippen LogP contribution in [0.15, 0.2) is 47.0 Å². The van der Waals surface area contributed by atoms with Gasteiger partial charge in [-0.05, 0) is 42.3 Å². The van der Waals surface area contributed by atoms with E-state index in [-0.39, 0.29) is 0 Å². The van der Waals surface area contributed by atoms with Gasteiger partial charge in [-0.2, -0.15) is 5.26 Å². The molecule has 2 aromatic carbocycles. The van der Waals surface area contributed by atoms with Gasteiger partial charge in [0.1, 0.15) is 11.3 Å². The fourth-order valence-electron chi connectivity index (χ4n) is 3.28. The summed E-state index contributed by atoms with van der Waals surface area (Å²) in [5.41, 5.74) is 6.10. The van der Waals surface area contributed by atoms with Crippen LogP contribution >= 0.6 is 0 Å². The van der Waals surface area contributed by atoms with Crippen LogP contribution in [0.1, 0.15) is 23.8 Å². The number of aromatic amines is 1. The summed E-state index contributed by atoms with van der Waals surface area (Å²) in [5, 5.41) is 11.4. The Bertz CT molecular complexity index is 1080. The number of nitrogens with zero attached hydrogens (tertiary/aromatic N) is 1. The van der Waals surface area contributed by atoms with Crippen LogP contribution in [0.5, 0.6) is 0 Å². The van der Waals surface area contributed by atoms with Gasteiger partial charge < -0.3 is 9.40 Å². The lowest BCUT2D eigenvalue weighted by Gasteiger charge is -2.06. The van der Waals surface area contributed by atoms with Crippen LogP contribution in [0.4, 0.5) is 0 Å². The van der Waals surface area contributed by atoms with Crippen LogP contribution in [0, 0.1) is 18.3 Å². The molecule has 0 radical (unpaired) electrons. The first-order chi connectivity index (χ1) is 11.2. The van der Waals surface area contributed by atoms with Crippen molar-refractivity contribution in [3.63, 3.8) is 0 Å². The predicted octanol–water partition coefficient (Wildman–Crippen LogP) is 5.32. The summed E-state index contributed by atoms with van der Waals surface area (Å²) in [4.78, 5) is 3.32. The van der Waals surface area contributed by atoms with Crippen molar-refractivity contribution in [2.24, 2.45) is 0 Å². The minimum atomic E-state index is 0.621. The largest absolute Gasteiger partial charge is 0.460 e. The molecule has 2 heterocycles. The van der Waals surface area contributed by atoms with Crippen molar-refractivity contribution >= 4 is 21.9 Å². The minimum absolute atomic E-state index is 0.621. The van der Waals surface area contributed by atoms with Gasteiger partial charge in [-0.1, -0.05) is 19.1 Å². The minimum Gasteiger partial charge on any atom is -0.460 e. The van der Waals surface area contributed by atoms with E-state index < -0.39 is 0 Å². The molecule has 0 atom stereocenters. The number of benzene rings is 2. The standard InChI is InChI=1S/C20H16N2O/c1-3-17-19(16-7-5-13(11-21)10-18(16)23-17)14-6-4-12(2)20-15(14)8-9-22-20/h4-10,22H,3H2,1-2H3. The zero-order valence-corrected chi connectivity index (χ0v) is 13.1. The van der Waals surface area contributed by atoms with E-state index in [0.717, 1.165) is 34.2 Å². The van der Waals surface area contributed by atoms with E-state index in [4.69, 9.17) is 9.68 Å². The summed E-state index contributed by atoms with van der Waals surface area (Å²) in [5.74, 6) is 0.960. The Morgan fingerprint density at radius 2 is 2.00 bits per heavy atom. The van der Waals surface area contributed by atoms with E-state index >= 15 is 0 Å². The first-order valence-corrected chi connectivity index (χ1v) is 7.75. The first-order valence-electron chi connectivity index (χ1n) is 7.75. The first kappa shape index (κ1) is 13.7. The van der Waals surface area contributed by atoms with Gasteiger partial charge in [0.05, 0.1) is 11.6 Å². The number of nitrogens with one attached hydrogen (secondary N) is 1. The second-order valence-corrected chi connectivity index (χ2v) is 5.77. The van der Waals surface area contributed by atoms with Gasteiger partial charge in [0.15, 0.2) is 0 Å². The summed E-state index contributed by atoms with van der Waals surface area (Å²) in [7, 11) is 0. The second kappa shape index (κ2) is 5.03. The molecule has 0 saturated heterocycles. The molecule has 4 aromatic rings. The second-order valence-electron chi connectivity index (χ2n) is 5.77. The molecule has 0 aliphatic heterocycles. The smallest absolute Gasteiger partial charge is 0.136 e. The van der Waals surface area contributed by atoms with Crippen molar-refractivity contribution in [1.82, 2.24) is 4.98 Å². The predicted molar refractivity (Wildman–Crippen MR) is 92.3 cm³/mol. The molecule has 2 aromatic heterocycles. The number of rotatable bonds is 2. The average Bonchev–Trinajstić information content (AvgIpc) is 3.19. The topological polar surface area (TPSA) is 52.7 Å². The highest BCUT2D eigenvalue weighted by Crippen LogP contribution is 2.39. The highest BCUT2D eigenvalue weighted by molar-refractivity contribution is 6.05. The third-order valence-corrected chi connectivity index (χ3v) is 4.41. The highest BCUT2D eigenvalue weighted by Gasteiger charge is 2.18. The Morgan fingerprint density at radius 3 is 2.78 bits per heavy atom. The SMILES string of the molecule is CCc1oc2cc(C#N)ccc2c1-c1ccc(C)c2[nH]ccc12. The van der Waals surface area contributed by atoms with Crippen LogP contribution in [-0.2, 0) is 6.42 Å². The van der Waals surface area contributed by atoms with Crippen molar-refractivity contribution in [1.29, 1.82) is 5.26 Å². The quantitative estimate of drug-likeness (QED) is 0.544. The van der Waals surface area contributed by atoms with Crippen LogP contribution in [0.25, 0.3) is 33.0 Å². The number of hydrogen-bond acceptors (Lipinski definition) is 2. The number of fused-ring (bicyclic) bond motifs is 2. The van der Waals surface area contributed by atoms with E-state index in [2.05, 4.69) is 43.1 Å². The van der Waals surface area contributed by atoms with Gasteiger partial charge >= 0.3 is 0 Å². The lowest BCUT2D eigenvalue weighted by atomic mass is 9.96. The maximum absolute atomic E-state index is 9.10. The number of furan rings is 1. The van der Waals surface area contributed by atoms with E-state index in [0.29, 0.717) is 5.56 Å². The van der Waals surface area contributed by atoms with Gasteiger partial charge in [0.25, 0.3) is 0 Å². The fourth-order valence-corrected chi connectivity index (χ4v) is 3.28. The third-order valence-electron chi connectivity index (χ3n) is 4.41. The number of aromatic nitrogens is 1. The molecule has 3 heteroatoms. The van der Waals surface area contributed by atoms with Crippen molar-refractivity contribution in [3.05, 3.63) is 59.5 Å². The molecule has 0 aliphatic carbocycles. The summed E-state index contributed by atoms with van der Waals surface area (Å²) >= 11 is 0. The van der Waals surface area contributed by atoms with Crippen molar-refractivity contribution < 1.29 is 4.42 Å². The number of hydrogen-bond donors (Lipinski definition) is 1. The summed E-state index contributed by atoms with van der Waals surface area (Å²) < 4.78 is 6.04. The van der Waals surface area contributed by atoms with E-state index in [9.17, 15) is 0 Å². The molecule has 0 aliphatic rings. The Hall–Kier alpha value is -2.99. The van der Waals surface area contributed by atoms with Crippen LogP contribution in [-0.4, -0.2) is 4.98 Å². The zero-order valence-electron chi connectivity index (χ0n) is 13.1. The lowest BCUT2D eigenvalue weighted by Crippen LogP contribution is -1.86. The molecule has 0 bridgehead atoms. The summed E-state index contributed by atoms with van der Waals surface area (Å²) in [6, 6.07) is 14.2. The number of H-pyrrole nitrogens is 1. The molecular weight excluding hydrogens is 284 g/mol. The molecular formula is C20H16N2O. The van der Waals surface area contributed by atoms with Crippen LogP contribution in [0.3, 0.4) is 0 Å². The van der Waals surface area contributed by atoms with Crippen molar-refractivity contribution in [3.8, 4) is 17.2 Å². The maximum Gasteiger partial charge on any atom is 0.136 e. The van der Waals surface area contributed by atoms with Gasteiger partial charge in [0, 0.05) is 34.5 Å². The third kappa shape index (κ3) is 1.96. The van der Waals surface area contributed by atoms with Gasteiger partial charge in [-0.3, -0.25) is 0 Å². The Labute approximate surface area is 134 Å². The highest BCUT2D eigenvalue weighted by atomic mass is 16.3. The molecule has 0 spiro atoms. The lowest BCUT2D eigenvalue weighted by molar-refractivity contribution is 0.558. The zero-order chi connectivity index (χ0) is 16.0. The van der Waals surface area contributed by atoms with Crippen molar-refractivity contribution in [2.45, 2.75) is 20.3 Å². The van der Waals surface area contributed by atoms with Crippen molar-refractivity contribution in [2.75, 3.05) is 0 Å². The van der Waals surface area contributed by atoms with E-state index in [1.165, 1.54) is 16.5 Å². The fraction of sp³-hybridized carbons (Fsp3) is 0.150. The Balaban J connectivity index is 2.09. The normalized spacial score (nSPS) is 11.2. The Morgan fingerprint density at radius 1 is 1.13 bits per heavy atom. The molecule has 0 fully saturated rings. The van der Waals surface area contributed by atoms with E-state index in [1.807, 2.05) is 24.4 Å². The Kier molecular flexibility index (Phi) is 2.99. The summed E-state index contributed by atoms with van der Waals surface area (Å²) in [6.07, 6.45) is 2.79. The van der Waals surface area contributed by atoms with Gasteiger partial charge in [0.2, 0.25) is 0 Å². The average molecular weight is 300 g/mol. The number of aryl methyl sites for hydroxylation is 2. The molecule has 23 heavy (non-hydrogen) atoms. The van der Waals surface area contributed by atoms with Gasteiger partial charge in [-0.15, -0.1) is 0 Å². The summed E-state index contributed by atoms with van der Waals surface area (Å²) in [6.45, 7) is 4.20. The monoisotopic (exact) mass is 300 g/mol. The van der Waals surface area contributed by atoms with Crippen LogP contribution < -0.4 is 0 Å². The molecule has 112 valence electrons. The van der Waals surface area contributed by atoms with Gasteiger partial charge in [-0.25, -0.2) is 0 Å². The van der Waals surface area contributed by atoms with Crippen LogP contribution in [0.2, 0.25) is 0 Å². The molecule has 3 nitrogen and oxygen atoms in total. The molecule has 0 amide bonds. The molecule has 0 saturated carbocycles. The molecule has 0 unspecified atom stereocenters. The molecule has 4 rings (SSSR count). The number of nitriles is 1. The molecule has 1 N–H and O–H groups in total. The van der Waals surface area contributed by atoms with E-state index in [1.54, 1.807) is 0 Å².